The van der Waals surface area contributed by atoms with Crippen molar-refractivity contribution in [2.75, 3.05) is 0 Å². The molecule has 0 bridgehead atoms. The Morgan fingerprint density at radius 1 is 1.00 bits per heavy atom. The summed E-state index contributed by atoms with van der Waals surface area (Å²) in [6.45, 7) is -0.159. The van der Waals surface area contributed by atoms with E-state index in [1.165, 1.54) is 18.2 Å². The van der Waals surface area contributed by atoms with Crippen LogP contribution in [0.1, 0.15) is 11.1 Å². The van der Waals surface area contributed by atoms with Gasteiger partial charge in [0.05, 0.1) is 5.56 Å². The van der Waals surface area contributed by atoms with E-state index in [-0.39, 0.29) is 24.5 Å². The molecule has 0 atom stereocenters. The van der Waals surface area contributed by atoms with Gasteiger partial charge in [-0.3, -0.25) is 0 Å². The average molecular weight is 267 g/mol. The lowest BCUT2D eigenvalue weighted by molar-refractivity contribution is 0.291. The van der Waals surface area contributed by atoms with Gasteiger partial charge in [-0.25, -0.2) is 13.2 Å². The molecule has 0 fully saturated rings. The predicted molar refractivity (Wildman–Crippen MR) is 65.0 cm³/mol. The van der Waals surface area contributed by atoms with Crippen LogP contribution in [0.3, 0.4) is 0 Å². The molecule has 2 aromatic carbocycles. The first-order chi connectivity index (χ1) is 9.10. The number of halogens is 3. The molecule has 0 radical (unpaired) electrons. The van der Waals surface area contributed by atoms with Crippen LogP contribution in [0.15, 0.2) is 36.4 Å². The topological polar surface area (TPSA) is 35.2 Å². The molecule has 2 aromatic rings. The highest BCUT2D eigenvalue weighted by molar-refractivity contribution is 5.30. The van der Waals surface area contributed by atoms with Gasteiger partial charge in [-0.15, -0.1) is 0 Å². The van der Waals surface area contributed by atoms with Crippen molar-refractivity contribution in [2.45, 2.75) is 13.2 Å². The van der Waals surface area contributed by atoms with Crippen molar-refractivity contribution in [1.82, 2.24) is 0 Å². The Labute approximate surface area is 108 Å². The molecule has 0 spiro atoms. The quantitative estimate of drug-likeness (QED) is 0.923. The molecule has 0 aliphatic carbocycles. The fraction of sp³-hybridized carbons (Fsp3) is 0.143. The second-order valence-electron chi connectivity index (χ2n) is 3.99. The zero-order chi connectivity index (χ0) is 13.8. The fourth-order valence-corrected chi connectivity index (χ4v) is 1.65. The average Bonchev–Trinajstić information content (AvgIpc) is 2.37. The summed E-state index contributed by atoms with van der Waals surface area (Å²) >= 11 is 0. The molecule has 0 amide bonds. The summed E-state index contributed by atoms with van der Waals surface area (Å²) < 4.78 is 45.1. The van der Waals surface area contributed by atoms with Crippen LogP contribution in [0.5, 0.6) is 5.75 Å². The normalized spacial score (nSPS) is 10.5. The summed E-state index contributed by atoms with van der Waals surface area (Å²) in [6, 6.07) is 7.48. The van der Waals surface area contributed by atoms with Crippen LogP contribution in [-0.4, -0.2) is 0 Å². The second kappa shape index (κ2) is 5.75. The van der Waals surface area contributed by atoms with E-state index in [2.05, 4.69) is 0 Å². The Morgan fingerprint density at radius 3 is 2.32 bits per heavy atom. The predicted octanol–water partition coefficient (Wildman–Crippen LogP) is 3.14. The highest BCUT2D eigenvalue weighted by Gasteiger charge is 2.09. The van der Waals surface area contributed by atoms with E-state index >= 15 is 0 Å². The number of rotatable bonds is 4. The van der Waals surface area contributed by atoms with Crippen molar-refractivity contribution in [3.63, 3.8) is 0 Å². The Kier molecular flexibility index (Phi) is 4.06. The molecule has 2 N–H and O–H groups in total. The number of nitrogens with two attached hydrogens (primary N) is 1. The van der Waals surface area contributed by atoms with Crippen LogP contribution in [0, 0.1) is 17.5 Å². The standard InChI is InChI=1S/C14H12F3NO/c15-10-4-9(7-18)5-11(6-10)19-8-12-13(16)2-1-3-14(12)17/h1-6H,7-8,18H2. The van der Waals surface area contributed by atoms with Crippen LogP contribution >= 0.6 is 0 Å². The van der Waals surface area contributed by atoms with Crippen LogP contribution in [0.2, 0.25) is 0 Å². The number of hydrogen-bond donors (Lipinski definition) is 1. The minimum atomic E-state index is -0.699. The summed E-state index contributed by atoms with van der Waals surface area (Å²) in [5.41, 5.74) is 5.75. The van der Waals surface area contributed by atoms with Crippen molar-refractivity contribution in [1.29, 1.82) is 0 Å². The summed E-state index contributed by atoms with van der Waals surface area (Å²) in [5, 5.41) is 0. The Morgan fingerprint density at radius 2 is 1.68 bits per heavy atom. The highest BCUT2D eigenvalue weighted by atomic mass is 19.1. The van der Waals surface area contributed by atoms with E-state index in [1.54, 1.807) is 0 Å². The molecule has 2 rings (SSSR count). The maximum Gasteiger partial charge on any atom is 0.132 e. The molecule has 100 valence electrons. The summed E-state index contributed by atoms with van der Waals surface area (Å²) in [7, 11) is 0. The SMILES string of the molecule is NCc1cc(F)cc(OCc2c(F)cccc2F)c1. The third-order valence-corrected chi connectivity index (χ3v) is 2.61. The lowest BCUT2D eigenvalue weighted by atomic mass is 10.2. The van der Waals surface area contributed by atoms with Gasteiger partial charge in [0.2, 0.25) is 0 Å². The van der Waals surface area contributed by atoms with Crippen LogP contribution in [0.4, 0.5) is 13.2 Å². The minimum Gasteiger partial charge on any atom is -0.489 e. The van der Waals surface area contributed by atoms with E-state index in [4.69, 9.17) is 10.5 Å². The van der Waals surface area contributed by atoms with Crippen LogP contribution in [-0.2, 0) is 13.2 Å². The van der Waals surface area contributed by atoms with Crippen molar-refractivity contribution >= 4 is 0 Å². The van der Waals surface area contributed by atoms with E-state index in [0.717, 1.165) is 18.2 Å². The molecule has 0 saturated heterocycles. The van der Waals surface area contributed by atoms with Gasteiger partial charge in [0.25, 0.3) is 0 Å². The van der Waals surface area contributed by atoms with Gasteiger partial charge in [-0.1, -0.05) is 6.07 Å². The first-order valence-electron chi connectivity index (χ1n) is 5.65. The molecule has 0 aromatic heterocycles. The van der Waals surface area contributed by atoms with Gasteiger partial charge in [0.1, 0.15) is 29.8 Å². The van der Waals surface area contributed by atoms with Crippen molar-refractivity contribution in [3.8, 4) is 5.75 Å². The first kappa shape index (κ1) is 13.4. The Hall–Kier alpha value is -2.01. The lowest BCUT2D eigenvalue weighted by Gasteiger charge is -2.09. The molecule has 0 aliphatic rings. The van der Waals surface area contributed by atoms with Gasteiger partial charge in [-0.2, -0.15) is 0 Å². The number of ether oxygens (including phenoxy) is 1. The largest absolute Gasteiger partial charge is 0.489 e. The maximum atomic E-state index is 13.4. The van der Waals surface area contributed by atoms with Crippen molar-refractivity contribution in [2.24, 2.45) is 5.73 Å². The molecular formula is C14H12F3NO. The van der Waals surface area contributed by atoms with Gasteiger partial charge >= 0.3 is 0 Å². The van der Waals surface area contributed by atoms with Gasteiger partial charge in [-0.05, 0) is 29.8 Å². The smallest absolute Gasteiger partial charge is 0.132 e. The fourth-order valence-electron chi connectivity index (χ4n) is 1.65. The first-order valence-corrected chi connectivity index (χ1v) is 5.65. The molecule has 19 heavy (non-hydrogen) atoms. The van der Waals surface area contributed by atoms with E-state index in [9.17, 15) is 13.2 Å². The van der Waals surface area contributed by atoms with E-state index in [0.29, 0.717) is 5.56 Å². The summed E-state index contributed by atoms with van der Waals surface area (Å²) in [5.74, 6) is -1.72. The monoisotopic (exact) mass is 267 g/mol. The van der Waals surface area contributed by atoms with E-state index in [1.807, 2.05) is 0 Å². The molecule has 2 nitrogen and oxygen atoms in total. The highest BCUT2D eigenvalue weighted by Crippen LogP contribution is 2.19. The second-order valence-corrected chi connectivity index (χ2v) is 3.99. The Bertz CT molecular complexity index is 567. The molecule has 0 unspecified atom stereocenters. The minimum absolute atomic E-state index is 0.155. The summed E-state index contributed by atoms with van der Waals surface area (Å²) in [4.78, 5) is 0. The zero-order valence-corrected chi connectivity index (χ0v) is 10.00. The summed E-state index contributed by atoms with van der Waals surface area (Å²) in [6.07, 6.45) is 0. The Balaban J connectivity index is 2.16. The number of benzene rings is 2. The molecule has 0 aliphatic heterocycles. The third kappa shape index (κ3) is 3.26. The molecular weight excluding hydrogens is 255 g/mol. The molecule has 0 heterocycles. The maximum absolute atomic E-state index is 13.4. The van der Waals surface area contributed by atoms with Gasteiger partial charge < -0.3 is 10.5 Å². The van der Waals surface area contributed by atoms with E-state index < -0.39 is 17.5 Å². The molecule has 5 heteroatoms. The zero-order valence-electron chi connectivity index (χ0n) is 10.00. The van der Waals surface area contributed by atoms with Crippen molar-refractivity contribution in [3.05, 3.63) is 65.0 Å². The van der Waals surface area contributed by atoms with Gasteiger partial charge in [0.15, 0.2) is 0 Å². The number of hydrogen-bond acceptors (Lipinski definition) is 2. The van der Waals surface area contributed by atoms with Gasteiger partial charge in [0, 0.05) is 12.6 Å². The molecule has 0 saturated carbocycles. The lowest BCUT2D eigenvalue weighted by Crippen LogP contribution is -2.03. The third-order valence-electron chi connectivity index (χ3n) is 2.61. The van der Waals surface area contributed by atoms with Crippen LogP contribution in [0.25, 0.3) is 0 Å². The van der Waals surface area contributed by atoms with Crippen LogP contribution < -0.4 is 10.5 Å². The van der Waals surface area contributed by atoms with Crippen molar-refractivity contribution < 1.29 is 17.9 Å².